The molecule has 2 unspecified atom stereocenters. The van der Waals surface area contributed by atoms with Crippen LogP contribution in [0.25, 0.3) is 11.1 Å². The summed E-state index contributed by atoms with van der Waals surface area (Å²) in [6, 6.07) is 9.50. The second-order valence-electron chi connectivity index (χ2n) is 10.4. The smallest absolute Gasteiger partial charge is 0.410 e. The largest absolute Gasteiger partial charge is 0.496 e. The zero-order chi connectivity index (χ0) is 29.0. The Morgan fingerprint density at radius 1 is 1.08 bits per heavy atom. The van der Waals surface area contributed by atoms with Gasteiger partial charge in [-0.05, 0) is 69.8 Å². The molecule has 2 aliphatic rings. The van der Waals surface area contributed by atoms with Gasteiger partial charge in [0.1, 0.15) is 17.1 Å². The van der Waals surface area contributed by atoms with Crippen LogP contribution in [0, 0.1) is 23.5 Å². The van der Waals surface area contributed by atoms with Crippen molar-refractivity contribution in [2.75, 3.05) is 45.2 Å². The number of hydrogen-bond donors (Lipinski definition) is 1. The molecule has 39 heavy (non-hydrogen) atoms. The molecule has 2 aliphatic heterocycles. The first-order valence-electron chi connectivity index (χ1n) is 13.6. The van der Waals surface area contributed by atoms with Crippen LogP contribution in [0.2, 0.25) is 0 Å². The third-order valence-corrected chi connectivity index (χ3v) is 7.13. The lowest BCUT2D eigenvalue weighted by atomic mass is 10.0. The molecule has 2 saturated heterocycles. The number of likely N-dealkylation sites (tertiary alicyclic amines) is 1. The Hall–Kier alpha value is -2.39. The highest BCUT2D eigenvalue weighted by Crippen LogP contribution is 2.33. The Labute approximate surface area is 240 Å². The quantitative estimate of drug-likeness (QED) is 0.347. The SMILES string of the molecule is CC.CC(C)(C)OC(=O)N1CCC(CBr)C1.COc1cc(F)c(F)cc1-c1ccc(OCC2CCNC2)cc1. The maximum atomic E-state index is 13.5. The van der Waals surface area contributed by atoms with E-state index in [4.69, 9.17) is 14.2 Å². The van der Waals surface area contributed by atoms with E-state index >= 15 is 0 Å². The van der Waals surface area contributed by atoms with Crippen molar-refractivity contribution in [2.45, 2.75) is 53.1 Å². The minimum Gasteiger partial charge on any atom is -0.496 e. The van der Waals surface area contributed by atoms with Crippen molar-refractivity contribution < 1.29 is 27.8 Å². The van der Waals surface area contributed by atoms with Gasteiger partial charge in [-0.25, -0.2) is 13.6 Å². The fourth-order valence-electron chi connectivity index (χ4n) is 4.18. The molecule has 2 atom stereocenters. The first kappa shape index (κ1) is 32.8. The molecule has 2 aromatic rings. The van der Waals surface area contributed by atoms with Crippen molar-refractivity contribution in [3.8, 4) is 22.6 Å². The normalized spacial score (nSPS) is 18.4. The van der Waals surface area contributed by atoms with Crippen LogP contribution in [-0.4, -0.2) is 61.8 Å². The van der Waals surface area contributed by atoms with Crippen molar-refractivity contribution in [3.63, 3.8) is 0 Å². The molecule has 2 heterocycles. The summed E-state index contributed by atoms with van der Waals surface area (Å²) in [4.78, 5) is 13.4. The fraction of sp³-hybridized carbons (Fsp3) is 0.567. The molecule has 1 N–H and O–H groups in total. The van der Waals surface area contributed by atoms with Crippen LogP contribution in [0.3, 0.4) is 0 Å². The summed E-state index contributed by atoms with van der Waals surface area (Å²) >= 11 is 3.44. The Bertz CT molecular complexity index is 1020. The Balaban J connectivity index is 0.000000287. The summed E-state index contributed by atoms with van der Waals surface area (Å²) in [6.07, 6.45) is 2.02. The second-order valence-corrected chi connectivity index (χ2v) is 11.0. The predicted molar refractivity (Wildman–Crippen MR) is 156 cm³/mol. The highest BCUT2D eigenvalue weighted by Gasteiger charge is 2.29. The van der Waals surface area contributed by atoms with Crippen LogP contribution >= 0.6 is 15.9 Å². The highest BCUT2D eigenvalue weighted by molar-refractivity contribution is 9.09. The molecule has 6 nitrogen and oxygen atoms in total. The molecule has 4 rings (SSSR count). The van der Waals surface area contributed by atoms with Crippen LogP contribution in [-0.2, 0) is 4.74 Å². The number of halogens is 3. The molecule has 0 spiro atoms. The minimum absolute atomic E-state index is 0.180. The van der Waals surface area contributed by atoms with Gasteiger partial charge in [-0.3, -0.25) is 0 Å². The number of nitrogens with zero attached hydrogens (tertiary/aromatic N) is 1. The average molecular weight is 614 g/mol. The van der Waals surface area contributed by atoms with Crippen LogP contribution < -0.4 is 14.8 Å². The van der Waals surface area contributed by atoms with Gasteiger partial charge >= 0.3 is 6.09 Å². The molecule has 0 radical (unpaired) electrons. The Kier molecular flexibility index (Phi) is 13.5. The number of rotatable bonds is 6. The maximum absolute atomic E-state index is 13.5. The average Bonchev–Trinajstić information content (AvgIpc) is 3.62. The van der Waals surface area contributed by atoms with E-state index in [2.05, 4.69) is 21.2 Å². The number of alkyl halides is 1. The molecule has 2 aromatic carbocycles. The van der Waals surface area contributed by atoms with E-state index in [0.29, 0.717) is 29.8 Å². The lowest BCUT2D eigenvalue weighted by Gasteiger charge is -2.24. The first-order valence-corrected chi connectivity index (χ1v) is 14.7. The van der Waals surface area contributed by atoms with E-state index < -0.39 is 11.6 Å². The third kappa shape index (κ3) is 10.6. The van der Waals surface area contributed by atoms with Crippen molar-refractivity contribution in [1.82, 2.24) is 10.2 Å². The molecule has 1 amide bonds. The summed E-state index contributed by atoms with van der Waals surface area (Å²) in [5.74, 6) is 0.380. The Morgan fingerprint density at radius 3 is 2.28 bits per heavy atom. The van der Waals surface area contributed by atoms with Crippen LogP contribution in [0.1, 0.15) is 47.5 Å². The van der Waals surface area contributed by atoms with Gasteiger partial charge in [-0.2, -0.15) is 0 Å². The Morgan fingerprint density at radius 2 is 1.74 bits per heavy atom. The standard InChI is InChI=1S/C18H19F2NO2.C10H18BrNO2.C2H6/c1-22-18-9-17(20)16(19)8-15(18)13-2-4-14(5-3-13)23-11-12-6-7-21-10-12;1-10(2,3)14-9(13)12-5-4-8(6-11)7-12;1-2/h2-5,8-9,12,21H,6-7,10-11H2,1H3;8H,4-7H2,1-3H3;1-2H3. The van der Waals surface area contributed by atoms with Crippen LogP contribution in [0.4, 0.5) is 13.6 Å². The lowest BCUT2D eigenvalue weighted by molar-refractivity contribution is 0.0289. The van der Waals surface area contributed by atoms with E-state index in [1.54, 1.807) is 4.90 Å². The van der Waals surface area contributed by atoms with Crippen molar-refractivity contribution in [3.05, 3.63) is 48.0 Å². The van der Waals surface area contributed by atoms with Gasteiger partial charge < -0.3 is 24.4 Å². The van der Waals surface area contributed by atoms with Gasteiger partial charge in [-0.1, -0.05) is 41.9 Å². The zero-order valence-corrected chi connectivity index (χ0v) is 25.6. The van der Waals surface area contributed by atoms with E-state index in [1.807, 2.05) is 58.9 Å². The van der Waals surface area contributed by atoms with Crippen molar-refractivity contribution >= 4 is 22.0 Å². The molecule has 0 aromatic heterocycles. The predicted octanol–water partition coefficient (Wildman–Crippen LogP) is 7.29. The molecule has 0 bridgehead atoms. The number of carbonyl (C=O) groups is 1. The maximum Gasteiger partial charge on any atom is 0.410 e. The fourth-order valence-corrected chi connectivity index (χ4v) is 4.70. The minimum atomic E-state index is -0.921. The molecule has 218 valence electrons. The van der Waals surface area contributed by atoms with Crippen LogP contribution in [0.15, 0.2) is 36.4 Å². The van der Waals surface area contributed by atoms with E-state index in [1.165, 1.54) is 7.11 Å². The summed E-state index contributed by atoms with van der Waals surface area (Å²) in [6.45, 7) is 14.0. The van der Waals surface area contributed by atoms with Gasteiger partial charge in [0.25, 0.3) is 0 Å². The number of amides is 1. The van der Waals surface area contributed by atoms with E-state index in [0.717, 1.165) is 67.8 Å². The molecular weight excluding hydrogens is 570 g/mol. The van der Waals surface area contributed by atoms with Crippen molar-refractivity contribution in [2.24, 2.45) is 11.8 Å². The van der Waals surface area contributed by atoms with Crippen molar-refractivity contribution in [1.29, 1.82) is 0 Å². The number of methoxy groups -OCH3 is 1. The third-order valence-electron chi connectivity index (χ3n) is 6.21. The molecule has 0 saturated carbocycles. The number of hydrogen-bond acceptors (Lipinski definition) is 5. The summed E-state index contributed by atoms with van der Waals surface area (Å²) in [5.41, 5.74) is 0.873. The highest BCUT2D eigenvalue weighted by atomic mass is 79.9. The number of nitrogens with one attached hydrogen (secondary N) is 1. The number of ether oxygens (including phenoxy) is 3. The van der Waals surface area contributed by atoms with Gasteiger partial charge in [0.15, 0.2) is 11.6 Å². The number of carbonyl (C=O) groups excluding carboxylic acids is 1. The lowest BCUT2D eigenvalue weighted by Crippen LogP contribution is -2.35. The summed E-state index contributed by atoms with van der Waals surface area (Å²) < 4.78 is 43.0. The van der Waals surface area contributed by atoms with Gasteiger partial charge in [-0.15, -0.1) is 0 Å². The summed E-state index contributed by atoms with van der Waals surface area (Å²) in [5, 5.41) is 4.27. The first-order chi connectivity index (χ1) is 18.6. The summed E-state index contributed by atoms with van der Waals surface area (Å²) in [7, 11) is 1.43. The van der Waals surface area contributed by atoms with Gasteiger partial charge in [0.2, 0.25) is 0 Å². The van der Waals surface area contributed by atoms with E-state index in [-0.39, 0.29) is 11.7 Å². The van der Waals surface area contributed by atoms with E-state index in [9.17, 15) is 13.6 Å². The zero-order valence-electron chi connectivity index (χ0n) is 24.0. The molecule has 9 heteroatoms. The monoisotopic (exact) mass is 612 g/mol. The van der Waals surface area contributed by atoms with Gasteiger partial charge in [0, 0.05) is 42.5 Å². The topological polar surface area (TPSA) is 60.0 Å². The van der Waals surface area contributed by atoms with Gasteiger partial charge in [0.05, 0.1) is 13.7 Å². The molecule has 2 fully saturated rings. The van der Waals surface area contributed by atoms with Crippen LogP contribution in [0.5, 0.6) is 11.5 Å². The molecule has 0 aliphatic carbocycles. The number of benzene rings is 2. The second kappa shape index (κ2) is 16.0. The molecular formula is C30H43BrF2N2O4.